The Morgan fingerprint density at radius 2 is 2.05 bits per heavy atom. The minimum Gasteiger partial charge on any atom is -0.396 e. The molecule has 0 atom stereocenters. The third-order valence-electron chi connectivity index (χ3n) is 3.41. The van der Waals surface area contributed by atoms with Crippen LogP contribution in [0.4, 0.5) is 10.5 Å². The lowest BCUT2D eigenvalue weighted by molar-refractivity contribution is 0.204. The van der Waals surface area contributed by atoms with E-state index in [-0.39, 0.29) is 18.1 Å². The number of urea groups is 1. The number of benzene rings is 1. The molecule has 2 aromatic rings. The van der Waals surface area contributed by atoms with Crippen LogP contribution in [0.25, 0.3) is 5.69 Å². The molecule has 2 rings (SSSR count). The van der Waals surface area contributed by atoms with Crippen molar-refractivity contribution < 1.29 is 9.90 Å². The highest BCUT2D eigenvalue weighted by atomic mass is 16.3. The zero-order valence-electron chi connectivity index (χ0n) is 12.9. The lowest BCUT2D eigenvalue weighted by atomic mass is 9.90. The first-order valence-corrected chi connectivity index (χ1v) is 7.26. The second-order valence-electron chi connectivity index (χ2n) is 5.94. The standard InChI is InChI=1S/C16H22N4O2/c1-16(2,8-11-21)12-17-15(22)19-13-4-6-14(7-5-13)20-10-3-9-18-20/h3-7,9-10,21H,8,11-12H2,1-2H3,(H2,17,19,22). The van der Waals surface area contributed by atoms with Gasteiger partial charge in [-0.25, -0.2) is 9.48 Å². The van der Waals surface area contributed by atoms with Gasteiger partial charge in [-0.3, -0.25) is 0 Å². The SMILES string of the molecule is CC(C)(CCO)CNC(=O)Nc1ccc(-n2cccn2)cc1. The highest BCUT2D eigenvalue weighted by molar-refractivity contribution is 5.89. The number of carbonyl (C=O) groups excluding carboxylic acids is 1. The number of aromatic nitrogens is 2. The van der Waals surface area contributed by atoms with Crippen LogP contribution >= 0.6 is 0 Å². The number of anilines is 1. The van der Waals surface area contributed by atoms with Crippen LogP contribution in [-0.4, -0.2) is 34.1 Å². The summed E-state index contributed by atoms with van der Waals surface area (Å²) in [5.41, 5.74) is 1.52. The number of nitrogens with zero attached hydrogens (tertiary/aromatic N) is 2. The molecule has 1 aromatic carbocycles. The van der Waals surface area contributed by atoms with Gasteiger partial charge in [-0.1, -0.05) is 13.8 Å². The molecule has 22 heavy (non-hydrogen) atoms. The molecule has 1 aromatic heterocycles. The summed E-state index contributed by atoms with van der Waals surface area (Å²) in [6, 6.07) is 9.03. The second-order valence-corrected chi connectivity index (χ2v) is 5.94. The van der Waals surface area contributed by atoms with Crippen LogP contribution in [0.15, 0.2) is 42.7 Å². The van der Waals surface area contributed by atoms with Crippen molar-refractivity contribution >= 4 is 11.7 Å². The summed E-state index contributed by atoms with van der Waals surface area (Å²) >= 11 is 0. The maximum Gasteiger partial charge on any atom is 0.319 e. The third-order valence-corrected chi connectivity index (χ3v) is 3.41. The smallest absolute Gasteiger partial charge is 0.319 e. The first kappa shape index (κ1) is 16.0. The average molecular weight is 302 g/mol. The van der Waals surface area contributed by atoms with Gasteiger partial charge < -0.3 is 15.7 Å². The quantitative estimate of drug-likeness (QED) is 0.766. The molecule has 0 saturated carbocycles. The molecule has 0 radical (unpaired) electrons. The fourth-order valence-electron chi connectivity index (χ4n) is 2.00. The van der Waals surface area contributed by atoms with Crippen LogP contribution in [0.2, 0.25) is 0 Å². The Morgan fingerprint density at radius 1 is 1.32 bits per heavy atom. The van der Waals surface area contributed by atoms with E-state index in [1.165, 1.54) is 0 Å². The van der Waals surface area contributed by atoms with Crippen LogP contribution in [0.1, 0.15) is 20.3 Å². The molecule has 6 nitrogen and oxygen atoms in total. The number of hydrogen-bond donors (Lipinski definition) is 3. The second kappa shape index (κ2) is 7.09. The van der Waals surface area contributed by atoms with E-state index in [1.807, 2.05) is 50.4 Å². The topological polar surface area (TPSA) is 79.2 Å². The number of amides is 2. The van der Waals surface area contributed by atoms with Crippen molar-refractivity contribution in [3.63, 3.8) is 0 Å². The molecule has 0 aliphatic carbocycles. The number of aliphatic hydroxyl groups is 1. The van der Waals surface area contributed by atoms with Gasteiger partial charge in [0.25, 0.3) is 0 Å². The molecule has 0 fully saturated rings. The Kier molecular flexibility index (Phi) is 5.16. The molecule has 0 unspecified atom stereocenters. The predicted molar refractivity (Wildman–Crippen MR) is 86.1 cm³/mol. The Hall–Kier alpha value is -2.34. The van der Waals surface area contributed by atoms with Crippen molar-refractivity contribution in [2.24, 2.45) is 5.41 Å². The van der Waals surface area contributed by atoms with E-state index in [2.05, 4.69) is 15.7 Å². The molecule has 0 aliphatic rings. The van der Waals surface area contributed by atoms with Gasteiger partial charge in [-0.15, -0.1) is 0 Å². The summed E-state index contributed by atoms with van der Waals surface area (Å²) in [5.74, 6) is 0. The number of rotatable bonds is 6. The fraction of sp³-hybridized carbons (Fsp3) is 0.375. The summed E-state index contributed by atoms with van der Waals surface area (Å²) in [6.07, 6.45) is 4.22. The van der Waals surface area contributed by atoms with Crippen molar-refractivity contribution in [3.05, 3.63) is 42.7 Å². The Morgan fingerprint density at radius 3 is 2.64 bits per heavy atom. The molecule has 0 aliphatic heterocycles. The molecule has 0 bridgehead atoms. The first-order valence-electron chi connectivity index (χ1n) is 7.26. The van der Waals surface area contributed by atoms with Crippen LogP contribution in [-0.2, 0) is 0 Å². The van der Waals surface area contributed by atoms with Crippen molar-refractivity contribution in [2.45, 2.75) is 20.3 Å². The molecule has 0 saturated heterocycles. The van der Waals surface area contributed by atoms with Crippen LogP contribution in [0, 0.1) is 5.41 Å². The Labute approximate surface area is 130 Å². The van der Waals surface area contributed by atoms with Crippen molar-refractivity contribution in [2.75, 3.05) is 18.5 Å². The lowest BCUT2D eigenvalue weighted by Gasteiger charge is -2.23. The predicted octanol–water partition coefficient (Wildman–Crippen LogP) is 2.40. The Balaban J connectivity index is 1.87. The van der Waals surface area contributed by atoms with E-state index in [9.17, 15) is 4.79 Å². The van der Waals surface area contributed by atoms with E-state index in [0.29, 0.717) is 18.7 Å². The molecular weight excluding hydrogens is 280 g/mol. The van der Waals surface area contributed by atoms with Crippen molar-refractivity contribution in [1.82, 2.24) is 15.1 Å². The maximum absolute atomic E-state index is 11.9. The number of nitrogens with one attached hydrogen (secondary N) is 2. The summed E-state index contributed by atoms with van der Waals surface area (Å²) in [5, 5.41) is 18.7. The van der Waals surface area contributed by atoms with Crippen LogP contribution < -0.4 is 10.6 Å². The highest BCUT2D eigenvalue weighted by Crippen LogP contribution is 2.18. The van der Waals surface area contributed by atoms with Crippen molar-refractivity contribution in [3.8, 4) is 5.69 Å². The van der Waals surface area contributed by atoms with Gasteiger partial charge in [0.1, 0.15) is 0 Å². The first-order chi connectivity index (χ1) is 10.5. The van der Waals surface area contributed by atoms with E-state index < -0.39 is 0 Å². The van der Waals surface area contributed by atoms with Crippen molar-refractivity contribution in [1.29, 1.82) is 0 Å². The van der Waals surface area contributed by atoms with Gasteiger partial charge in [0.15, 0.2) is 0 Å². The van der Waals surface area contributed by atoms with Gasteiger partial charge in [-0.05, 0) is 42.2 Å². The minimum atomic E-state index is -0.252. The molecule has 2 amide bonds. The van der Waals surface area contributed by atoms with E-state index >= 15 is 0 Å². The number of hydrogen-bond acceptors (Lipinski definition) is 3. The van der Waals surface area contributed by atoms with Gasteiger partial charge in [0.05, 0.1) is 5.69 Å². The zero-order valence-corrected chi connectivity index (χ0v) is 12.9. The summed E-state index contributed by atoms with van der Waals surface area (Å²) in [7, 11) is 0. The number of aliphatic hydroxyl groups excluding tert-OH is 1. The zero-order chi connectivity index (χ0) is 16.0. The molecular formula is C16H22N4O2. The lowest BCUT2D eigenvalue weighted by Crippen LogP contribution is -2.37. The third kappa shape index (κ3) is 4.60. The number of carbonyl (C=O) groups is 1. The maximum atomic E-state index is 11.9. The van der Waals surface area contributed by atoms with E-state index in [0.717, 1.165) is 5.69 Å². The summed E-state index contributed by atoms with van der Waals surface area (Å²) < 4.78 is 1.75. The largest absolute Gasteiger partial charge is 0.396 e. The minimum absolute atomic E-state index is 0.116. The van der Waals surface area contributed by atoms with Gasteiger partial charge >= 0.3 is 6.03 Å². The molecule has 0 spiro atoms. The van der Waals surface area contributed by atoms with Gasteiger partial charge in [-0.2, -0.15) is 5.10 Å². The van der Waals surface area contributed by atoms with Gasteiger partial charge in [0, 0.05) is 31.2 Å². The summed E-state index contributed by atoms with van der Waals surface area (Å²) in [6.45, 7) is 4.63. The Bertz CT molecular complexity index is 591. The molecule has 6 heteroatoms. The van der Waals surface area contributed by atoms with Crippen LogP contribution in [0.5, 0.6) is 0 Å². The highest BCUT2D eigenvalue weighted by Gasteiger charge is 2.18. The van der Waals surface area contributed by atoms with E-state index in [1.54, 1.807) is 10.9 Å². The van der Waals surface area contributed by atoms with E-state index in [4.69, 9.17) is 5.11 Å². The van der Waals surface area contributed by atoms with Gasteiger partial charge in [0.2, 0.25) is 0 Å². The fourth-order valence-corrected chi connectivity index (χ4v) is 2.00. The molecule has 118 valence electrons. The molecule has 1 heterocycles. The monoisotopic (exact) mass is 302 g/mol. The normalized spacial score (nSPS) is 11.2. The van der Waals surface area contributed by atoms with Crippen LogP contribution in [0.3, 0.4) is 0 Å². The summed E-state index contributed by atoms with van der Waals surface area (Å²) in [4.78, 5) is 11.9. The molecule has 3 N–H and O–H groups in total. The average Bonchev–Trinajstić information content (AvgIpc) is 3.00.